The molecule has 1 aromatic heterocycles. The third kappa shape index (κ3) is 3.88. The van der Waals surface area contributed by atoms with Crippen molar-refractivity contribution < 1.29 is 14.3 Å². The van der Waals surface area contributed by atoms with Crippen LogP contribution < -0.4 is 5.32 Å². The van der Waals surface area contributed by atoms with Gasteiger partial charge in [-0.2, -0.15) is 0 Å². The topological polar surface area (TPSA) is 68.3 Å². The lowest BCUT2D eigenvalue weighted by Gasteiger charge is -2.36. The van der Waals surface area contributed by atoms with E-state index in [0.717, 1.165) is 49.1 Å². The van der Waals surface area contributed by atoms with Crippen molar-refractivity contribution in [3.8, 4) is 0 Å². The summed E-state index contributed by atoms with van der Waals surface area (Å²) < 4.78 is 5.89. The summed E-state index contributed by atoms with van der Waals surface area (Å²) in [6, 6.07) is 14.0. The van der Waals surface area contributed by atoms with Gasteiger partial charge in [0.15, 0.2) is 5.78 Å². The highest BCUT2D eigenvalue weighted by Crippen LogP contribution is 2.45. The first-order valence-electron chi connectivity index (χ1n) is 11.5. The highest BCUT2D eigenvalue weighted by atomic mass is 16.5. The fourth-order valence-electron chi connectivity index (χ4n) is 5.37. The monoisotopic (exact) mass is 428 g/mol. The van der Waals surface area contributed by atoms with E-state index in [-0.39, 0.29) is 23.8 Å². The van der Waals surface area contributed by atoms with Gasteiger partial charge in [0.2, 0.25) is 0 Å². The molecule has 3 aliphatic rings. The number of Topliss-reactive ketones (excluding diaryl/α,β-unsaturated/α-hetero) is 1. The van der Waals surface area contributed by atoms with E-state index < -0.39 is 5.92 Å². The van der Waals surface area contributed by atoms with Crippen molar-refractivity contribution in [2.24, 2.45) is 0 Å². The van der Waals surface area contributed by atoms with Gasteiger partial charge in [0.1, 0.15) is 6.10 Å². The van der Waals surface area contributed by atoms with Crippen molar-refractivity contribution in [3.05, 3.63) is 88.5 Å². The third-order valence-corrected chi connectivity index (χ3v) is 6.91. The first kappa shape index (κ1) is 20.7. The van der Waals surface area contributed by atoms with Gasteiger partial charge in [-0.05, 0) is 62.1 Å². The molecule has 5 heteroatoms. The van der Waals surface area contributed by atoms with Crippen LogP contribution in [0, 0.1) is 0 Å². The summed E-state index contributed by atoms with van der Waals surface area (Å²) in [5.74, 6) is -0.553. The fourth-order valence-corrected chi connectivity index (χ4v) is 5.37. The molecular weight excluding hydrogens is 400 g/mol. The zero-order valence-electron chi connectivity index (χ0n) is 18.3. The lowest BCUT2D eigenvalue weighted by atomic mass is 9.72. The highest BCUT2D eigenvalue weighted by Gasteiger charge is 2.42. The summed E-state index contributed by atoms with van der Waals surface area (Å²) in [6.07, 6.45) is 8.62. The van der Waals surface area contributed by atoms with Gasteiger partial charge in [-0.1, -0.05) is 36.4 Å². The van der Waals surface area contributed by atoms with Gasteiger partial charge in [0.25, 0.3) is 0 Å². The van der Waals surface area contributed by atoms with Crippen LogP contribution in [-0.4, -0.2) is 22.8 Å². The van der Waals surface area contributed by atoms with Gasteiger partial charge in [-0.15, -0.1) is 0 Å². The number of hydrogen-bond acceptors (Lipinski definition) is 5. The van der Waals surface area contributed by atoms with Crippen LogP contribution in [0.2, 0.25) is 0 Å². The lowest BCUT2D eigenvalue weighted by molar-refractivity contribution is -0.144. The van der Waals surface area contributed by atoms with E-state index in [0.29, 0.717) is 17.6 Å². The molecule has 2 heterocycles. The standard InChI is InChI=1S/C27H28N2O3/c1-17-24(27(31)32-21-11-5-6-12-21)25(19-10-7-13-28-16-19)26-22(29-17)14-20(15-23(26)30)18-8-3-2-4-9-18/h2-4,7-10,13,16,20-21,25,29H,5-6,11-12,14-15H2,1H3/t20-,25-/m1/s1. The Bertz CT molecular complexity index is 1080. The molecule has 5 nitrogen and oxygen atoms in total. The smallest absolute Gasteiger partial charge is 0.337 e. The highest BCUT2D eigenvalue weighted by molar-refractivity contribution is 6.04. The van der Waals surface area contributed by atoms with Crippen LogP contribution in [0.4, 0.5) is 0 Å². The number of allylic oxidation sites excluding steroid dienone is 3. The summed E-state index contributed by atoms with van der Waals surface area (Å²) in [7, 11) is 0. The molecule has 164 valence electrons. The number of nitrogens with one attached hydrogen (secondary N) is 1. The second-order valence-electron chi connectivity index (χ2n) is 9.03. The molecule has 0 bridgehead atoms. The van der Waals surface area contributed by atoms with E-state index in [1.54, 1.807) is 12.4 Å². The Morgan fingerprint density at radius 3 is 2.50 bits per heavy atom. The molecule has 0 unspecified atom stereocenters. The average molecular weight is 429 g/mol. The molecule has 5 rings (SSSR count). The minimum Gasteiger partial charge on any atom is -0.459 e. The number of esters is 1. The van der Waals surface area contributed by atoms with Crippen molar-refractivity contribution >= 4 is 11.8 Å². The minimum atomic E-state index is -0.446. The Hall–Kier alpha value is -3.21. The number of ketones is 1. The van der Waals surface area contributed by atoms with E-state index in [1.807, 2.05) is 37.3 Å². The van der Waals surface area contributed by atoms with Crippen LogP contribution in [0.5, 0.6) is 0 Å². The number of carbonyl (C=O) groups excluding carboxylic acids is 2. The second kappa shape index (κ2) is 8.73. The number of dihydropyridines is 1. The predicted octanol–water partition coefficient (Wildman–Crippen LogP) is 4.93. The normalized spacial score (nSPS) is 23.7. The average Bonchev–Trinajstić information content (AvgIpc) is 3.32. The van der Waals surface area contributed by atoms with Crippen LogP contribution in [-0.2, 0) is 14.3 Å². The number of pyridine rings is 1. The Balaban J connectivity index is 1.53. The SMILES string of the molecule is CC1=C(C(=O)OC2CCCC2)[C@@H](c2cccnc2)C2=C(C[C@@H](c3ccccc3)CC2=O)N1. The van der Waals surface area contributed by atoms with Gasteiger partial charge >= 0.3 is 5.97 Å². The van der Waals surface area contributed by atoms with Gasteiger partial charge in [0.05, 0.1) is 5.57 Å². The third-order valence-electron chi connectivity index (χ3n) is 6.91. The van der Waals surface area contributed by atoms with E-state index in [4.69, 9.17) is 4.74 Å². The van der Waals surface area contributed by atoms with Crippen molar-refractivity contribution in [2.45, 2.75) is 63.4 Å². The summed E-state index contributed by atoms with van der Waals surface area (Å²) in [5.41, 5.74) is 4.93. The maximum Gasteiger partial charge on any atom is 0.337 e. The van der Waals surface area contributed by atoms with E-state index in [9.17, 15) is 9.59 Å². The molecule has 1 fully saturated rings. The van der Waals surface area contributed by atoms with Crippen LogP contribution >= 0.6 is 0 Å². The molecule has 2 atom stereocenters. The van der Waals surface area contributed by atoms with Crippen molar-refractivity contribution in [1.29, 1.82) is 0 Å². The first-order chi connectivity index (χ1) is 15.6. The van der Waals surface area contributed by atoms with Gasteiger partial charge in [-0.3, -0.25) is 9.78 Å². The molecule has 0 spiro atoms. The Morgan fingerprint density at radius 2 is 1.78 bits per heavy atom. The molecule has 32 heavy (non-hydrogen) atoms. The molecule has 0 saturated heterocycles. The summed E-state index contributed by atoms with van der Waals surface area (Å²) >= 11 is 0. The van der Waals surface area contributed by atoms with Crippen LogP contribution in [0.1, 0.15) is 68.4 Å². The van der Waals surface area contributed by atoms with E-state index in [1.165, 1.54) is 5.56 Å². The number of aromatic nitrogens is 1. The van der Waals surface area contributed by atoms with Crippen molar-refractivity contribution in [3.63, 3.8) is 0 Å². The quantitative estimate of drug-likeness (QED) is 0.700. The van der Waals surface area contributed by atoms with Gasteiger partial charge in [-0.25, -0.2) is 4.79 Å². The minimum absolute atomic E-state index is 0.0303. The summed E-state index contributed by atoms with van der Waals surface area (Å²) in [5, 5.41) is 3.42. The number of hydrogen-bond donors (Lipinski definition) is 1. The maximum atomic E-state index is 13.5. The molecule has 0 radical (unpaired) electrons. The van der Waals surface area contributed by atoms with Crippen molar-refractivity contribution in [1.82, 2.24) is 10.3 Å². The van der Waals surface area contributed by atoms with E-state index >= 15 is 0 Å². The lowest BCUT2D eigenvalue weighted by Crippen LogP contribution is -2.36. The summed E-state index contributed by atoms with van der Waals surface area (Å²) in [4.78, 5) is 31.1. The van der Waals surface area contributed by atoms with Crippen LogP contribution in [0.15, 0.2) is 77.4 Å². The number of rotatable bonds is 4. The predicted molar refractivity (Wildman–Crippen MR) is 122 cm³/mol. The van der Waals surface area contributed by atoms with E-state index in [2.05, 4.69) is 22.4 Å². The molecule has 2 aromatic rings. The molecule has 0 amide bonds. The maximum absolute atomic E-state index is 13.5. The molecule has 1 N–H and O–H groups in total. The summed E-state index contributed by atoms with van der Waals surface area (Å²) in [6.45, 7) is 1.91. The Morgan fingerprint density at radius 1 is 1.03 bits per heavy atom. The second-order valence-corrected chi connectivity index (χ2v) is 9.03. The van der Waals surface area contributed by atoms with Gasteiger partial charge in [0, 0.05) is 41.7 Å². The number of ether oxygens (including phenoxy) is 1. The molecule has 1 aliphatic heterocycles. The zero-order valence-corrected chi connectivity index (χ0v) is 18.3. The fraction of sp³-hybridized carbons (Fsp3) is 0.370. The van der Waals surface area contributed by atoms with Crippen molar-refractivity contribution in [2.75, 3.05) is 0 Å². The number of nitrogens with zero attached hydrogens (tertiary/aromatic N) is 1. The van der Waals surface area contributed by atoms with Crippen LogP contribution in [0.3, 0.4) is 0 Å². The Kier molecular flexibility index (Phi) is 5.64. The molecule has 1 aromatic carbocycles. The number of benzene rings is 1. The van der Waals surface area contributed by atoms with Crippen LogP contribution in [0.25, 0.3) is 0 Å². The zero-order chi connectivity index (χ0) is 22.1. The first-order valence-corrected chi connectivity index (χ1v) is 11.5. The molecular formula is C27H28N2O3. The molecule has 2 aliphatic carbocycles. The Labute approximate surface area is 188 Å². The molecule has 1 saturated carbocycles. The largest absolute Gasteiger partial charge is 0.459 e. The van der Waals surface area contributed by atoms with Gasteiger partial charge < -0.3 is 10.1 Å². The number of carbonyl (C=O) groups is 2.